The van der Waals surface area contributed by atoms with Crippen molar-refractivity contribution in [3.05, 3.63) is 24.3 Å². The third-order valence-electron chi connectivity index (χ3n) is 3.67. The Morgan fingerprint density at radius 2 is 1.25 bits per heavy atom. The third-order valence-corrected chi connectivity index (χ3v) is 9.75. The number of carbonyl (C=O) groups excluding carboxylic acids is 2. The Hall–Kier alpha value is -0.180. The van der Waals surface area contributed by atoms with E-state index in [4.69, 9.17) is 9.47 Å². The molecule has 2 atom stereocenters. The monoisotopic (exact) mass is 464 g/mol. The van der Waals surface area contributed by atoms with E-state index in [2.05, 4.69) is 36.7 Å². The van der Waals surface area contributed by atoms with Crippen molar-refractivity contribution in [2.24, 2.45) is 0 Å². The van der Waals surface area contributed by atoms with Crippen LogP contribution < -0.4 is 0 Å². The van der Waals surface area contributed by atoms with Crippen molar-refractivity contribution in [2.45, 2.75) is 37.2 Å². The molecule has 1 fully saturated rings. The molecule has 0 aromatic carbocycles. The first-order valence-electron chi connectivity index (χ1n) is 9.44. The Kier molecular flexibility index (Phi) is 14.4. The highest BCUT2D eigenvalue weighted by Crippen LogP contribution is 2.33. The first-order chi connectivity index (χ1) is 13.4. The smallest absolute Gasteiger partial charge is 0.333 e. The topological polar surface area (TPSA) is 52.6 Å². The van der Waals surface area contributed by atoms with Crippen molar-refractivity contribution in [1.29, 1.82) is 0 Å². The summed E-state index contributed by atoms with van der Waals surface area (Å²) in [7, 11) is 0. The van der Waals surface area contributed by atoms with Crippen molar-refractivity contribution in [2.75, 3.05) is 47.7 Å². The number of rotatable bonds is 14. The van der Waals surface area contributed by atoms with Crippen LogP contribution in [0, 0.1) is 0 Å². The lowest BCUT2D eigenvalue weighted by molar-refractivity contribution is -0.139. The minimum atomic E-state index is -0.291. The molecule has 1 aliphatic heterocycles. The summed E-state index contributed by atoms with van der Waals surface area (Å²) in [6, 6.07) is 0. The highest BCUT2D eigenvalue weighted by molar-refractivity contribution is 8.09. The fourth-order valence-electron chi connectivity index (χ4n) is 2.10. The molecule has 2 unspecified atom stereocenters. The Morgan fingerprint density at radius 3 is 1.57 bits per heavy atom. The van der Waals surface area contributed by atoms with Crippen molar-refractivity contribution in [3.8, 4) is 0 Å². The second-order valence-corrected chi connectivity index (χ2v) is 11.6. The maximum absolute atomic E-state index is 11.3. The highest BCUT2D eigenvalue weighted by atomic mass is 32.2. The summed E-state index contributed by atoms with van der Waals surface area (Å²) in [6.07, 6.45) is 1.80. The average Bonchev–Trinajstić information content (AvgIpc) is 2.67. The molecule has 0 bridgehead atoms. The molecular weight excluding hydrogens is 432 g/mol. The van der Waals surface area contributed by atoms with E-state index in [-0.39, 0.29) is 11.9 Å². The molecule has 1 saturated heterocycles. The normalized spacial score (nSPS) is 19.1. The molecule has 0 spiro atoms. The van der Waals surface area contributed by atoms with Crippen LogP contribution in [0.15, 0.2) is 24.3 Å². The van der Waals surface area contributed by atoms with Gasteiger partial charge in [-0.1, -0.05) is 13.2 Å². The zero-order valence-electron chi connectivity index (χ0n) is 16.9. The molecular formula is C20H32O4S4. The molecule has 160 valence electrons. The van der Waals surface area contributed by atoms with Gasteiger partial charge in [0.25, 0.3) is 0 Å². The zero-order chi connectivity index (χ0) is 20.8. The summed E-state index contributed by atoms with van der Waals surface area (Å²) in [5.74, 6) is 6.23. The molecule has 8 heteroatoms. The van der Waals surface area contributed by atoms with E-state index in [1.54, 1.807) is 13.8 Å². The number of ether oxygens (including phenoxy) is 2. The van der Waals surface area contributed by atoms with Crippen molar-refractivity contribution in [1.82, 2.24) is 0 Å². The van der Waals surface area contributed by atoms with Crippen LogP contribution in [0.5, 0.6) is 0 Å². The Balaban J connectivity index is 1.94. The molecule has 0 radical (unpaired) electrons. The van der Waals surface area contributed by atoms with Crippen LogP contribution in [0.2, 0.25) is 0 Å². The predicted molar refractivity (Wildman–Crippen MR) is 128 cm³/mol. The number of esters is 2. The molecule has 4 nitrogen and oxygen atoms in total. The largest absolute Gasteiger partial charge is 0.462 e. The molecule has 0 aliphatic carbocycles. The molecule has 0 aromatic heterocycles. The third kappa shape index (κ3) is 12.4. The van der Waals surface area contributed by atoms with Gasteiger partial charge in [0, 0.05) is 44.7 Å². The maximum atomic E-state index is 11.3. The molecule has 0 N–H and O–H groups in total. The van der Waals surface area contributed by atoms with Gasteiger partial charge in [-0.15, -0.1) is 0 Å². The Labute approximate surface area is 186 Å². The van der Waals surface area contributed by atoms with Crippen LogP contribution in [0.3, 0.4) is 0 Å². The summed E-state index contributed by atoms with van der Waals surface area (Å²) in [6.45, 7) is 11.5. The molecule has 1 heterocycles. The van der Waals surface area contributed by atoms with Crippen molar-refractivity contribution in [3.63, 3.8) is 0 Å². The lowest BCUT2D eigenvalue weighted by atomic mass is 10.4. The van der Waals surface area contributed by atoms with E-state index in [0.717, 1.165) is 34.8 Å². The average molecular weight is 465 g/mol. The van der Waals surface area contributed by atoms with E-state index in [9.17, 15) is 9.59 Å². The fraction of sp³-hybridized carbons (Fsp3) is 0.700. The van der Waals surface area contributed by atoms with Gasteiger partial charge in [0.15, 0.2) is 0 Å². The minimum Gasteiger partial charge on any atom is -0.462 e. The molecule has 1 aliphatic rings. The number of hydrogen-bond donors (Lipinski definition) is 0. The predicted octanol–water partition coefficient (Wildman–Crippen LogP) is 4.69. The molecule has 0 amide bonds. The van der Waals surface area contributed by atoms with Crippen LogP contribution in [0.1, 0.15) is 26.7 Å². The van der Waals surface area contributed by atoms with Gasteiger partial charge >= 0.3 is 11.9 Å². The van der Waals surface area contributed by atoms with Gasteiger partial charge in [-0.05, 0) is 38.2 Å². The minimum absolute atomic E-state index is 0.291. The van der Waals surface area contributed by atoms with Gasteiger partial charge < -0.3 is 9.47 Å². The van der Waals surface area contributed by atoms with Gasteiger partial charge in [-0.25, -0.2) is 9.59 Å². The Bertz CT molecular complexity index is 470. The van der Waals surface area contributed by atoms with Gasteiger partial charge in [0.2, 0.25) is 0 Å². The lowest BCUT2D eigenvalue weighted by Crippen LogP contribution is -2.25. The van der Waals surface area contributed by atoms with Crippen LogP contribution in [-0.2, 0) is 19.1 Å². The highest BCUT2D eigenvalue weighted by Gasteiger charge is 2.22. The second-order valence-electron chi connectivity index (χ2n) is 6.60. The van der Waals surface area contributed by atoms with Crippen LogP contribution >= 0.6 is 47.0 Å². The van der Waals surface area contributed by atoms with Gasteiger partial charge in [0.05, 0.1) is 13.2 Å². The van der Waals surface area contributed by atoms with Gasteiger partial charge in [-0.3, -0.25) is 0 Å². The van der Waals surface area contributed by atoms with Gasteiger partial charge in [0.1, 0.15) is 0 Å². The first-order valence-corrected chi connectivity index (χ1v) is 13.8. The van der Waals surface area contributed by atoms with Crippen LogP contribution in [0.4, 0.5) is 0 Å². The summed E-state index contributed by atoms with van der Waals surface area (Å²) >= 11 is 8.08. The number of thioether (sulfide) groups is 4. The first kappa shape index (κ1) is 25.9. The van der Waals surface area contributed by atoms with Gasteiger partial charge in [-0.2, -0.15) is 47.0 Å². The summed E-state index contributed by atoms with van der Waals surface area (Å²) in [4.78, 5) is 22.5. The summed E-state index contributed by atoms with van der Waals surface area (Å²) in [5.41, 5.74) is 0.921. The van der Waals surface area contributed by atoms with E-state index in [0.29, 0.717) is 24.4 Å². The second kappa shape index (κ2) is 15.6. The fourth-order valence-corrected chi connectivity index (χ4v) is 7.94. The summed E-state index contributed by atoms with van der Waals surface area (Å²) < 4.78 is 10.2. The van der Waals surface area contributed by atoms with Crippen LogP contribution in [0.25, 0.3) is 0 Å². The quantitative estimate of drug-likeness (QED) is 0.208. The van der Waals surface area contributed by atoms with Crippen LogP contribution in [-0.4, -0.2) is 70.2 Å². The van der Waals surface area contributed by atoms with E-state index in [1.165, 1.54) is 23.0 Å². The summed E-state index contributed by atoms with van der Waals surface area (Å²) in [5, 5.41) is 1.44. The molecule has 28 heavy (non-hydrogen) atoms. The number of hydrogen-bond acceptors (Lipinski definition) is 8. The molecule has 1 rings (SSSR count). The van der Waals surface area contributed by atoms with E-state index >= 15 is 0 Å². The lowest BCUT2D eigenvalue weighted by Gasteiger charge is -2.27. The van der Waals surface area contributed by atoms with Crippen molar-refractivity contribution >= 4 is 59.0 Å². The Morgan fingerprint density at radius 1 is 0.857 bits per heavy atom. The van der Waals surface area contributed by atoms with Crippen molar-refractivity contribution < 1.29 is 19.1 Å². The zero-order valence-corrected chi connectivity index (χ0v) is 20.2. The van der Waals surface area contributed by atoms with E-state index in [1.807, 2.05) is 23.5 Å². The molecule has 0 aromatic rings. The maximum Gasteiger partial charge on any atom is 0.333 e. The number of carbonyl (C=O) groups is 2. The standard InChI is InChI=1S/C20H32O4S4/c1-15(2)19(21)23-7-5-9-25-11-17-13-28-18(14-27-17)12-26-10-6-8-24-20(22)16(3)4/h17-18H,1,3,5-14H2,2,4H3. The SMILES string of the molecule is C=C(C)C(=O)OCCCSCC1CSC(CSCCCOC(=O)C(=C)C)CS1. The van der Waals surface area contributed by atoms with E-state index < -0.39 is 0 Å². The molecule has 0 saturated carbocycles.